The third-order valence-electron chi connectivity index (χ3n) is 2.65. The highest BCUT2D eigenvalue weighted by molar-refractivity contribution is 5.49. The lowest BCUT2D eigenvalue weighted by Crippen LogP contribution is -2.03. The topological polar surface area (TPSA) is 17.1 Å². The molecule has 0 N–H and O–H groups in total. The third-order valence-corrected chi connectivity index (χ3v) is 2.65. The van der Waals surface area contributed by atoms with Gasteiger partial charge in [0.15, 0.2) is 0 Å². The minimum absolute atomic E-state index is 0.509. The predicted molar refractivity (Wildman–Crippen MR) is 59.3 cm³/mol. The summed E-state index contributed by atoms with van der Waals surface area (Å²) in [5.41, 5.74) is 2.63. The second kappa shape index (κ2) is 5.58. The van der Waals surface area contributed by atoms with Crippen LogP contribution in [0.1, 0.15) is 30.9 Å². The Hall–Kier alpha value is -1.11. The maximum absolute atomic E-state index is 10.4. The van der Waals surface area contributed by atoms with Crippen molar-refractivity contribution in [1.29, 1.82) is 0 Å². The summed E-state index contributed by atoms with van der Waals surface area (Å²) in [6.45, 7) is 4.23. The molecular formula is C13H18O. The summed E-state index contributed by atoms with van der Waals surface area (Å²) < 4.78 is 0. The molecule has 1 aromatic carbocycles. The Morgan fingerprint density at radius 3 is 2.43 bits per heavy atom. The van der Waals surface area contributed by atoms with E-state index in [4.69, 9.17) is 0 Å². The first-order valence-corrected chi connectivity index (χ1v) is 5.25. The molecule has 0 aromatic heterocycles. The van der Waals surface area contributed by atoms with Gasteiger partial charge in [0.25, 0.3) is 0 Å². The molecule has 0 amide bonds. The first-order valence-electron chi connectivity index (χ1n) is 5.25. The lowest BCUT2D eigenvalue weighted by Gasteiger charge is -2.11. The van der Waals surface area contributed by atoms with Crippen LogP contribution in [0, 0.1) is 12.8 Å². The van der Waals surface area contributed by atoms with Gasteiger partial charge in [0.05, 0.1) is 0 Å². The smallest absolute Gasteiger partial charge is 0.120 e. The molecule has 0 aliphatic rings. The highest BCUT2D eigenvalue weighted by Gasteiger charge is 2.06. The molecule has 0 saturated carbocycles. The van der Waals surface area contributed by atoms with Crippen LogP contribution in [0.5, 0.6) is 0 Å². The lowest BCUT2D eigenvalue weighted by molar-refractivity contribution is -0.108. The number of benzene rings is 1. The Bertz CT molecular complexity index is 274. The summed E-state index contributed by atoms with van der Waals surface area (Å²) in [5.74, 6) is 0.509. The molecule has 1 nitrogen and oxygen atoms in total. The number of carbonyl (C=O) groups is 1. The number of rotatable bonds is 5. The monoisotopic (exact) mass is 190 g/mol. The van der Waals surface area contributed by atoms with Gasteiger partial charge >= 0.3 is 0 Å². The van der Waals surface area contributed by atoms with Crippen LogP contribution in [-0.4, -0.2) is 6.29 Å². The quantitative estimate of drug-likeness (QED) is 0.652. The van der Waals surface area contributed by atoms with Gasteiger partial charge in [-0.1, -0.05) is 43.2 Å². The van der Waals surface area contributed by atoms with E-state index in [1.807, 2.05) is 0 Å². The zero-order valence-electron chi connectivity index (χ0n) is 8.99. The molecule has 1 heteroatoms. The van der Waals surface area contributed by atoms with Crippen LogP contribution in [0.4, 0.5) is 0 Å². The molecule has 1 aromatic rings. The Balaban J connectivity index is 2.57. The fourth-order valence-corrected chi connectivity index (χ4v) is 1.59. The van der Waals surface area contributed by atoms with Gasteiger partial charge in [-0.2, -0.15) is 0 Å². The first kappa shape index (κ1) is 11.0. The molecule has 1 atom stereocenters. The van der Waals surface area contributed by atoms with E-state index in [0.29, 0.717) is 12.3 Å². The predicted octanol–water partition coefficient (Wildman–Crippen LogP) is 3.15. The third kappa shape index (κ3) is 3.33. The maximum Gasteiger partial charge on any atom is 0.120 e. The molecule has 1 unspecified atom stereocenters. The van der Waals surface area contributed by atoms with Crippen molar-refractivity contribution in [3.8, 4) is 0 Å². The molecule has 1 rings (SSSR count). The number of aryl methyl sites for hydroxylation is 1. The normalized spacial score (nSPS) is 12.4. The number of carbonyl (C=O) groups excluding carboxylic acids is 1. The molecule has 0 radical (unpaired) electrons. The largest absolute Gasteiger partial charge is 0.303 e. The number of hydrogen-bond acceptors (Lipinski definition) is 1. The van der Waals surface area contributed by atoms with Crippen LogP contribution < -0.4 is 0 Å². The summed E-state index contributed by atoms with van der Waals surface area (Å²) in [7, 11) is 0. The summed E-state index contributed by atoms with van der Waals surface area (Å²) in [6.07, 6.45) is 3.81. The molecule has 0 aliphatic carbocycles. The Labute approximate surface area is 86.1 Å². The zero-order chi connectivity index (χ0) is 10.4. The summed E-state index contributed by atoms with van der Waals surface area (Å²) in [6, 6.07) is 8.57. The molecule has 0 heterocycles. The second-order valence-corrected chi connectivity index (χ2v) is 3.87. The van der Waals surface area contributed by atoms with E-state index >= 15 is 0 Å². The van der Waals surface area contributed by atoms with Crippen molar-refractivity contribution in [2.75, 3.05) is 0 Å². The van der Waals surface area contributed by atoms with E-state index in [-0.39, 0.29) is 0 Å². The van der Waals surface area contributed by atoms with Gasteiger partial charge in [0.2, 0.25) is 0 Å². The van der Waals surface area contributed by atoms with Crippen molar-refractivity contribution in [2.45, 2.75) is 33.1 Å². The molecule has 0 bridgehead atoms. The maximum atomic E-state index is 10.4. The van der Waals surface area contributed by atoms with Crippen LogP contribution in [0.2, 0.25) is 0 Å². The Morgan fingerprint density at radius 1 is 1.29 bits per heavy atom. The lowest BCUT2D eigenvalue weighted by atomic mass is 9.94. The molecule has 0 fully saturated rings. The average Bonchev–Trinajstić information content (AvgIpc) is 2.20. The fourth-order valence-electron chi connectivity index (χ4n) is 1.59. The van der Waals surface area contributed by atoms with Crippen LogP contribution in [0.25, 0.3) is 0 Å². The van der Waals surface area contributed by atoms with Gasteiger partial charge in [-0.3, -0.25) is 0 Å². The van der Waals surface area contributed by atoms with Crippen LogP contribution >= 0.6 is 0 Å². The minimum Gasteiger partial charge on any atom is -0.303 e. The SMILES string of the molecule is CCC(CC=O)Cc1ccc(C)cc1. The molecule has 76 valence electrons. The van der Waals surface area contributed by atoms with Gasteiger partial charge in [0.1, 0.15) is 6.29 Å². The van der Waals surface area contributed by atoms with E-state index in [1.165, 1.54) is 11.1 Å². The van der Waals surface area contributed by atoms with Gasteiger partial charge in [-0.05, 0) is 24.8 Å². The van der Waals surface area contributed by atoms with Gasteiger partial charge < -0.3 is 4.79 Å². The van der Waals surface area contributed by atoms with Crippen molar-refractivity contribution in [3.05, 3.63) is 35.4 Å². The van der Waals surface area contributed by atoms with Gasteiger partial charge in [-0.25, -0.2) is 0 Å². The van der Waals surface area contributed by atoms with Crippen LogP contribution in [0.3, 0.4) is 0 Å². The van der Waals surface area contributed by atoms with E-state index in [2.05, 4.69) is 38.1 Å². The van der Waals surface area contributed by atoms with Gasteiger partial charge in [-0.15, -0.1) is 0 Å². The van der Waals surface area contributed by atoms with Crippen molar-refractivity contribution in [2.24, 2.45) is 5.92 Å². The fraction of sp³-hybridized carbons (Fsp3) is 0.462. The molecule has 14 heavy (non-hydrogen) atoms. The summed E-state index contributed by atoms with van der Waals surface area (Å²) in [5, 5.41) is 0. The average molecular weight is 190 g/mol. The second-order valence-electron chi connectivity index (χ2n) is 3.87. The standard InChI is InChI=1S/C13H18O/c1-3-12(8-9-14)10-13-6-4-11(2)5-7-13/h4-7,9,12H,3,8,10H2,1-2H3. The number of hydrogen-bond donors (Lipinski definition) is 0. The minimum atomic E-state index is 0.509. The summed E-state index contributed by atoms with van der Waals surface area (Å²) in [4.78, 5) is 10.4. The van der Waals surface area contributed by atoms with Crippen molar-refractivity contribution < 1.29 is 4.79 Å². The van der Waals surface area contributed by atoms with E-state index < -0.39 is 0 Å². The molecule has 0 spiro atoms. The number of aldehydes is 1. The van der Waals surface area contributed by atoms with Crippen LogP contribution in [-0.2, 0) is 11.2 Å². The van der Waals surface area contributed by atoms with E-state index in [1.54, 1.807) is 0 Å². The molecular weight excluding hydrogens is 172 g/mol. The Kier molecular flexibility index (Phi) is 4.37. The van der Waals surface area contributed by atoms with E-state index in [0.717, 1.165) is 19.1 Å². The molecule has 0 aliphatic heterocycles. The highest BCUT2D eigenvalue weighted by Crippen LogP contribution is 2.15. The van der Waals surface area contributed by atoms with Gasteiger partial charge in [0, 0.05) is 6.42 Å². The molecule has 0 saturated heterocycles. The van der Waals surface area contributed by atoms with Crippen LogP contribution in [0.15, 0.2) is 24.3 Å². The van der Waals surface area contributed by atoms with Crippen molar-refractivity contribution >= 4 is 6.29 Å². The first-order chi connectivity index (χ1) is 6.76. The van der Waals surface area contributed by atoms with Crippen molar-refractivity contribution in [3.63, 3.8) is 0 Å². The zero-order valence-corrected chi connectivity index (χ0v) is 8.99. The summed E-state index contributed by atoms with van der Waals surface area (Å²) >= 11 is 0. The Morgan fingerprint density at radius 2 is 1.93 bits per heavy atom. The van der Waals surface area contributed by atoms with E-state index in [9.17, 15) is 4.79 Å². The van der Waals surface area contributed by atoms with Crippen molar-refractivity contribution in [1.82, 2.24) is 0 Å². The highest BCUT2D eigenvalue weighted by atomic mass is 16.1.